The van der Waals surface area contributed by atoms with Crippen LogP contribution in [0.25, 0.3) is 0 Å². The van der Waals surface area contributed by atoms with Gasteiger partial charge in [0, 0.05) is 12.1 Å². The van der Waals surface area contributed by atoms with E-state index >= 15 is 0 Å². The summed E-state index contributed by atoms with van der Waals surface area (Å²) in [6, 6.07) is 0.760. The SMILES string of the molecule is O=C(NC1CC1)OC[C@@H]1CCCCN1. The first-order chi connectivity index (χ1) is 6.84. The van der Waals surface area contributed by atoms with E-state index in [-0.39, 0.29) is 6.09 Å². The number of hydrogen-bond donors (Lipinski definition) is 2. The van der Waals surface area contributed by atoms with Crippen LogP contribution in [0, 0.1) is 0 Å². The molecule has 4 heteroatoms. The Bertz CT molecular complexity index is 198. The highest BCUT2D eigenvalue weighted by Gasteiger charge is 2.24. The zero-order chi connectivity index (χ0) is 9.80. The van der Waals surface area contributed by atoms with E-state index in [1.54, 1.807) is 0 Å². The van der Waals surface area contributed by atoms with Crippen molar-refractivity contribution in [1.82, 2.24) is 10.6 Å². The predicted octanol–water partition coefficient (Wildman–Crippen LogP) is 1.02. The fourth-order valence-electron chi connectivity index (χ4n) is 1.68. The zero-order valence-corrected chi connectivity index (χ0v) is 8.42. The normalized spacial score (nSPS) is 27.0. The minimum absolute atomic E-state index is 0.250. The summed E-state index contributed by atoms with van der Waals surface area (Å²) in [7, 11) is 0. The van der Waals surface area contributed by atoms with E-state index in [0.29, 0.717) is 18.7 Å². The third-order valence-electron chi connectivity index (χ3n) is 2.73. The number of piperidine rings is 1. The van der Waals surface area contributed by atoms with Crippen molar-refractivity contribution >= 4 is 6.09 Å². The molecule has 0 spiro atoms. The predicted molar refractivity (Wildman–Crippen MR) is 53.1 cm³/mol. The molecule has 0 aromatic rings. The molecule has 1 heterocycles. The third-order valence-corrected chi connectivity index (χ3v) is 2.73. The molecule has 1 aliphatic carbocycles. The molecule has 14 heavy (non-hydrogen) atoms. The number of rotatable bonds is 3. The van der Waals surface area contributed by atoms with Gasteiger partial charge < -0.3 is 15.4 Å². The summed E-state index contributed by atoms with van der Waals surface area (Å²) >= 11 is 0. The number of hydrogen-bond acceptors (Lipinski definition) is 3. The molecular formula is C10H18N2O2. The van der Waals surface area contributed by atoms with Gasteiger partial charge in [0.25, 0.3) is 0 Å². The summed E-state index contributed by atoms with van der Waals surface area (Å²) in [6.07, 6.45) is 5.57. The molecule has 4 nitrogen and oxygen atoms in total. The standard InChI is InChI=1S/C10H18N2O2/c13-10(12-8-4-5-8)14-7-9-3-1-2-6-11-9/h8-9,11H,1-7H2,(H,12,13)/t9-/m0/s1. The number of ether oxygens (including phenoxy) is 1. The highest BCUT2D eigenvalue weighted by Crippen LogP contribution is 2.18. The molecule has 2 rings (SSSR count). The summed E-state index contributed by atoms with van der Waals surface area (Å²) < 4.78 is 5.12. The lowest BCUT2D eigenvalue weighted by atomic mass is 10.1. The van der Waals surface area contributed by atoms with Crippen LogP contribution >= 0.6 is 0 Å². The van der Waals surface area contributed by atoms with Crippen molar-refractivity contribution in [3.05, 3.63) is 0 Å². The van der Waals surface area contributed by atoms with Crippen LogP contribution in [-0.4, -0.2) is 31.3 Å². The molecule has 0 unspecified atom stereocenters. The van der Waals surface area contributed by atoms with Gasteiger partial charge in [-0.25, -0.2) is 4.79 Å². The van der Waals surface area contributed by atoms with Crippen molar-refractivity contribution in [3.8, 4) is 0 Å². The van der Waals surface area contributed by atoms with E-state index in [1.807, 2.05) is 0 Å². The fraction of sp³-hybridized carbons (Fsp3) is 0.900. The first-order valence-corrected chi connectivity index (χ1v) is 5.51. The second-order valence-corrected chi connectivity index (χ2v) is 4.16. The van der Waals surface area contributed by atoms with Crippen LogP contribution in [0.3, 0.4) is 0 Å². The summed E-state index contributed by atoms with van der Waals surface area (Å²) in [5, 5.41) is 6.14. The molecule has 0 aromatic carbocycles. The highest BCUT2D eigenvalue weighted by molar-refractivity contribution is 5.67. The van der Waals surface area contributed by atoms with Crippen molar-refractivity contribution in [1.29, 1.82) is 0 Å². The minimum atomic E-state index is -0.250. The Labute approximate surface area is 84.4 Å². The van der Waals surface area contributed by atoms with Crippen LogP contribution in [0.2, 0.25) is 0 Å². The number of amides is 1. The maximum atomic E-state index is 11.2. The van der Waals surface area contributed by atoms with Crippen molar-refractivity contribution in [3.63, 3.8) is 0 Å². The number of carbonyl (C=O) groups excluding carboxylic acids is 1. The molecule has 1 aliphatic heterocycles. The summed E-state index contributed by atoms with van der Waals surface area (Å²) in [4.78, 5) is 11.2. The largest absolute Gasteiger partial charge is 0.448 e. The second-order valence-electron chi connectivity index (χ2n) is 4.16. The van der Waals surface area contributed by atoms with E-state index < -0.39 is 0 Å². The van der Waals surface area contributed by atoms with Crippen molar-refractivity contribution in [2.24, 2.45) is 0 Å². The minimum Gasteiger partial charge on any atom is -0.448 e. The molecule has 0 aromatic heterocycles. The van der Waals surface area contributed by atoms with Gasteiger partial charge in [0.2, 0.25) is 0 Å². The number of nitrogens with one attached hydrogen (secondary N) is 2. The monoisotopic (exact) mass is 198 g/mol. The topological polar surface area (TPSA) is 50.4 Å². The van der Waals surface area contributed by atoms with Gasteiger partial charge in [0.1, 0.15) is 6.61 Å². The first-order valence-electron chi connectivity index (χ1n) is 5.51. The van der Waals surface area contributed by atoms with Crippen LogP contribution < -0.4 is 10.6 Å². The van der Waals surface area contributed by atoms with Crippen LogP contribution in [0.1, 0.15) is 32.1 Å². The molecule has 1 saturated heterocycles. The van der Waals surface area contributed by atoms with E-state index in [4.69, 9.17) is 4.74 Å². The Morgan fingerprint density at radius 3 is 2.86 bits per heavy atom. The van der Waals surface area contributed by atoms with Crippen LogP contribution in [0.15, 0.2) is 0 Å². The van der Waals surface area contributed by atoms with Gasteiger partial charge >= 0.3 is 6.09 Å². The van der Waals surface area contributed by atoms with Gasteiger partial charge in [0.15, 0.2) is 0 Å². The highest BCUT2D eigenvalue weighted by atomic mass is 16.5. The molecule has 2 fully saturated rings. The maximum Gasteiger partial charge on any atom is 0.407 e. The average Bonchev–Trinajstić information content (AvgIpc) is 3.00. The molecule has 80 valence electrons. The Hall–Kier alpha value is -0.770. The lowest BCUT2D eigenvalue weighted by molar-refractivity contribution is 0.127. The lowest BCUT2D eigenvalue weighted by Gasteiger charge is -2.22. The molecule has 2 N–H and O–H groups in total. The van der Waals surface area contributed by atoms with Gasteiger partial charge in [-0.05, 0) is 32.2 Å². The molecule has 1 saturated carbocycles. The molecule has 2 aliphatic rings. The number of carbonyl (C=O) groups is 1. The van der Waals surface area contributed by atoms with E-state index in [0.717, 1.165) is 25.8 Å². The van der Waals surface area contributed by atoms with Crippen LogP contribution in [0.5, 0.6) is 0 Å². The lowest BCUT2D eigenvalue weighted by Crippen LogP contribution is -2.39. The molecule has 1 atom stereocenters. The molecule has 1 amide bonds. The summed E-state index contributed by atoms with van der Waals surface area (Å²) in [5.41, 5.74) is 0. The fourth-order valence-corrected chi connectivity index (χ4v) is 1.68. The quantitative estimate of drug-likeness (QED) is 0.711. The molecular weight excluding hydrogens is 180 g/mol. The van der Waals surface area contributed by atoms with E-state index in [2.05, 4.69) is 10.6 Å². The average molecular weight is 198 g/mol. The van der Waals surface area contributed by atoms with Crippen LogP contribution in [-0.2, 0) is 4.74 Å². The van der Waals surface area contributed by atoms with E-state index in [1.165, 1.54) is 12.8 Å². The van der Waals surface area contributed by atoms with Gasteiger partial charge in [-0.3, -0.25) is 0 Å². The van der Waals surface area contributed by atoms with Crippen molar-refractivity contribution < 1.29 is 9.53 Å². The van der Waals surface area contributed by atoms with Gasteiger partial charge in [0.05, 0.1) is 0 Å². The van der Waals surface area contributed by atoms with Crippen molar-refractivity contribution in [2.75, 3.05) is 13.2 Å². The van der Waals surface area contributed by atoms with Crippen LogP contribution in [0.4, 0.5) is 4.79 Å². The second kappa shape index (κ2) is 4.64. The third kappa shape index (κ3) is 3.18. The zero-order valence-electron chi connectivity index (χ0n) is 8.42. The number of alkyl carbamates (subject to hydrolysis) is 1. The Morgan fingerprint density at radius 1 is 1.36 bits per heavy atom. The Balaban J connectivity index is 1.57. The summed E-state index contributed by atoms with van der Waals surface area (Å²) in [5.74, 6) is 0. The van der Waals surface area contributed by atoms with Gasteiger partial charge in [-0.1, -0.05) is 6.42 Å². The Morgan fingerprint density at radius 2 is 2.21 bits per heavy atom. The Kier molecular flexibility index (Phi) is 3.24. The van der Waals surface area contributed by atoms with Gasteiger partial charge in [-0.2, -0.15) is 0 Å². The van der Waals surface area contributed by atoms with E-state index in [9.17, 15) is 4.79 Å². The molecule has 0 bridgehead atoms. The maximum absolute atomic E-state index is 11.2. The smallest absolute Gasteiger partial charge is 0.407 e. The van der Waals surface area contributed by atoms with Crippen molar-refractivity contribution in [2.45, 2.75) is 44.2 Å². The first kappa shape index (κ1) is 9.77. The molecule has 0 radical (unpaired) electrons. The van der Waals surface area contributed by atoms with Gasteiger partial charge in [-0.15, -0.1) is 0 Å². The summed E-state index contributed by atoms with van der Waals surface area (Å²) in [6.45, 7) is 1.57.